The molecule has 1 heterocycles. The van der Waals surface area contributed by atoms with Gasteiger partial charge in [-0.1, -0.05) is 0 Å². The highest BCUT2D eigenvalue weighted by Gasteiger charge is 2.73. The van der Waals surface area contributed by atoms with Crippen LogP contribution in [-0.4, -0.2) is 29.9 Å². The van der Waals surface area contributed by atoms with Crippen molar-refractivity contribution < 1.29 is 49.0 Å². The molecule has 0 aliphatic carbocycles. The van der Waals surface area contributed by atoms with Gasteiger partial charge in [-0.05, 0) is 34.1 Å². The summed E-state index contributed by atoms with van der Waals surface area (Å²) in [5, 5.41) is 1.96. The molecule has 2 rings (SSSR count). The van der Waals surface area contributed by atoms with Crippen LogP contribution < -0.4 is 15.8 Å². The summed E-state index contributed by atoms with van der Waals surface area (Å²) >= 11 is 2.55. The van der Waals surface area contributed by atoms with Gasteiger partial charge in [-0.25, -0.2) is 4.39 Å². The van der Waals surface area contributed by atoms with E-state index in [2.05, 4.69) is 25.7 Å². The van der Waals surface area contributed by atoms with Crippen LogP contribution >= 0.6 is 15.9 Å². The molecule has 0 spiro atoms. The number of hydrogen-bond acceptors (Lipinski definition) is 4. The maximum absolute atomic E-state index is 14.3. The minimum Gasteiger partial charge on any atom is -0.433 e. The number of nitrogens with two attached hydrogens (primary N) is 1. The number of nitrogen functional groups attached to an aromatic ring is 1. The summed E-state index contributed by atoms with van der Waals surface area (Å²) < 4.78 is 121. The van der Waals surface area contributed by atoms with Crippen molar-refractivity contribution in [3.05, 3.63) is 46.2 Å². The molecule has 0 fully saturated rings. The first kappa shape index (κ1) is 24.6. The van der Waals surface area contributed by atoms with E-state index in [1.807, 2.05) is 5.32 Å². The molecule has 0 unspecified atom stereocenters. The minimum absolute atomic E-state index is 0.0173. The zero-order chi connectivity index (χ0) is 23.8. The first-order valence-electron chi connectivity index (χ1n) is 7.71. The topological polar surface area (TPSA) is 77.2 Å². The molecule has 170 valence electrons. The number of nitrogens with zero attached hydrogens (tertiary/aromatic N) is 1. The summed E-state index contributed by atoms with van der Waals surface area (Å²) in [6, 6.07) is 0.899. The van der Waals surface area contributed by atoms with Gasteiger partial charge in [0.15, 0.2) is 5.75 Å². The Morgan fingerprint density at radius 1 is 1.03 bits per heavy atom. The van der Waals surface area contributed by atoms with Gasteiger partial charge in [0, 0.05) is 22.4 Å². The Labute approximate surface area is 175 Å². The zero-order valence-corrected chi connectivity index (χ0v) is 16.2. The van der Waals surface area contributed by atoms with Crippen LogP contribution in [0, 0.1) is 0 Å². The Bertz CT molecular complexity index is 966. The summed E-state index contributed by atoms with van der Waals surface area (Å²) in [5.74, 6) is -2.44. The van der Waals surface area contributed by atoms with E-state index in [0.717, 1.165) is 18.5 Å². The van der Waals surface area contributed by atoms with Crippen molar-refractivity contribution in [1.82, 2.24) is 4.98 Å². The third kappa shape index (κ3) is 4.97. The number of carbonyl (C=O) groups is 1. The van der Waals surface area contributed by atoms with E-state index in [9.17, 15) is 44.3 Å². The minimum atomic E-state index is -6.50. The van der Waals surface area contributed by atoms with Gasteiger partial charge in [-0.2, -0.15) is 35.1 Å². The van der Waals surface area contributed by atoms with Crippen molar-refractivity contribution in [1.29, 1.82) is 0 Å². The van der Waals surface area contributed by atoms with E-state index < -0.39 is 52.0 Å². The fourth-order valence-corrected chi connectivity index (χ4v) is 2.89. The predicted octanol–water partition coefficient (Wildman–Crippen LogP) is 5.57. The van der Waals surface area contributed by atoms with Crippen LogP contribution in [0.15, 0.2) is 35.1 Å². The molecule has 1 aromatic heterocycles. The Morgan fingerprint density at radius 3 is 2.10 bits per heavy atom. The molecule has 5 nitrogen and oxygen atoms in total. The SMILES string of the molecule is Nc1cncc(C(=O)Nc2c(Br)cc(C(F)(C(F)(F)F)C(F)(F)F)cc2OC(F)F)c1. The first-order valence-corrected chi connectivity index (χ1v) is 8.50. The number of anilines is 2. The number of nitrogens with one attached hydrogen (secondary N) is 1. The van der Waals surface area contributed by atoms with Crippen LogP contribution in [0.5, 0.6) is 5.75 Å². The molecular weight excluding hydrogens is 517 g/mol. The number of benzene rings is 1. The lowest BCUT2D eigenvalue weighted by atomic mass is 9.93. The van der Waals surface area contributed by atoms with E-state index in [1.165, 1.54) is 0 Å². The zero-order valence-electron chi connectivity index (χ0n) is 14.6. The Balaban J connectivity index is 2.63. The van der Waals surface area contributed by atoms with Crippen molar-refractivity contribution >= 4 is 33.2 Å². The molecule has 1 aromatic carbocycles. The standard InChI is InChI=1S/C16H9BrF9N3O2/c17-9-2-7(14(20,15(21,22)23)16(24,25)26)3-10(31-13(18)19)11(9)29-12(30)6-1-8(27)5-28-4-6/h1-5,13H,27H2,(H,29,30). The number of pyridine rings is 1. The smallest absolute Gasteiger partial charge is 0.433 e. The molecule has 15 heteroatoms. The lowest BCUT2D eigenvalue weighted by Gasteiger charge is -2.31. The second-order valence-corrected chi connectivity index (χ2v) is 6.68. The highest BCUT2D eigenvalue weighted by Crippen LogP contribution is 2.55. The maximum Gasteiger partial charge on any atom is 0.435 e. The number of amides is 1. The van der Waals surface area contributed by atoms with Gasteiger partial charge in [0.2, 0.25) is 0 Å². The normalized spacial score (nSPS) is 12.7. The van der Waals surface area contributed by atoms with Crippen molar-refractivity contribution in [2.75, 3.05) is 11.1 Å². The summed E-state index contributed by atoms with van der Waals surface area (Å²) in [7, 11) is 0. The monoisotopic (exact) mass is 525 g/mol. The van der Waals surface area contributed by atoms with Crippen molar-refractivity contribution in [2.45, 2.75) is 24.6 Å². The molecular formula is C16H9BrF9N3O2. The average Bonchev–Trinajstić information content (AvgIpc) is 2.61. The second-order valence-electron chi connectivity index (χ2n) is 5.82. The molecule has 31 heavy (non-hydrogen) atoms. The van der Waals surface area contributed by atoms with Gasteiger partial charge in [-0.3, -0.25) is 9.78 Å². The van der Waals surface area contributed by atoms with Crippen LogP contribution in [0.25, 0.3) is 0 Å². The number of carbonyl (C=O) groups excluding carboxylic acids is 1. The molecule has 0 saturated heterocycles. The maximum atomic E-state index is 14.3. The van der Waals surface area contributed by atoms with Crippen molar-refractivity contribution in [3.8, 4) is 5.75 Å². The summed E-state index contributed by atoms with van der Waals surface area (Å²) in [4.78, 5) is 15.8. The molecule has 2 aromatic rings. The molecule has 0 saturated carbocycles. The second kappa shape index (κ2) is 8.43. The van der Waals surface area contributed by atoms with Gasteiger partial charge >= 0.3 is 24.6 Å². The van der Waals surface area contributed by atoms with Crippen LogP contribution in [0.2, 0.25) is 0 Å². The van der Waals surface area contributed by atoms with Crippen molar-refractivity contribution in [3.63, 3.8) is 0 Å². The van der Waals surface area contributed by atoms with Crippen LogP contribution in [0.4, 0.5) is 50.9 Å². The van der Waals surface area contributed by atoms with Crippen LogP contribution in [0.3, 0.4) is 0 Å². The Hall–Kier alpha value is -2.71. The molecule has 0 aliphatic rings. The first-order chi connectivity index (χ1) is 14.1. The summed E-state index contributed by atoms with van der Waals surface area (Å²) in [6.45, 7) is -3.74. The van der Waals surface area contributed by atoms with E-state index in [1.54, 1.807) is 0 Å². The quantitative estimate of drug-likeness (QED) is 0.500. The molecule has 0 atom stereocenters. The predicted molar refractivity (Wildman–Crippen MR) is 92.3 cm³/mol. The summed E-state index contributed by atoms with van der Waals surface area (Å²) in [5.41, 5.74) is -3.58. The number of alkyl halides is 9. The number of aromatic nitrogens is 1. The van der Waals surface area contributed by atoms with Gasteiger partial charge < -0.3 is 15.8 Å². The molecule has 3 N–H and O–H groups in total. The Morgan fingerprint density at radius 2 is 1.61 bits per heavy atom. The van der Waals surface area contributed by atoms with E-state index in [4.69, 9.17) is 5.73 Å². The van der Waals surface area contributed by atoms with Gasteiger partial charge in [-0.15, -0.1) is 0 Å². The average molecular weight is 526 g/mol. The third-order valence-corrected chi connectivity index (χ3v) is 4.33. The van der Waals surface area contributed by atoms with E-state index >= 15 is 0 Å². The van der Waals surface area contributed by atoms with E-state index in [-0.39, 0.29) is 23.4 Å². The van der Waals surface area contributed by atoms with E-state index in [0.29, 0.717) is 0 Å². The third-order valence-electron chi connectivity index (χ3n) is 3.71. The van der Waals surface area contributed by atoms with Crippen molar-refractivity contribution in [2.24, 2.45) is 0 Å². The Kier molecular flexibility index (Phi) is 6.68. The fraction of sp³-hybridized carbons (Fsp3) is 0.250. The van der Waals surface area contributed by atoms with Gasteiger partial charge in [0.1, 0.15) is 0 Å². The van der Waals surface area contributed by atoms with Gasteiger partial charge in [0.05, 0.1) is 16.9 Å². The summed E-state index contributed by atoms with van der Waals surface area (Å²) in [6.07, 6.45) is -10.8. The largest absolute Gasteiger partial charge is 0.435 e. The number of ether oxygens (including phenoxy) is 1. The molecule has 1 amide bonds. The van der Waals surface area contributed by atoms with Gasteiger partial charge in [0.25, 0.3) is 5.91 Å². The highest BCUT2D eigenvalue weighted by molar-refractivity contribution is 9.10. The van der Waals surface area contributed by atoms with Crippen LogP contribution in [0.1, 0.15) is 15.9 Å². The van der Waals surface area contributed by atoms with Crippen LogP contribution in [-0.2, 0) is 5.67 Å². The highest BCUT2D eigenvalue weighted by atomic mass is 79.9. The molecule has 0 bridgehead atoms. The molecule has 0 aliphatic heterocycles. The number of rotatable bonds is 5. The number of halogens is 10. The number of hydrogen-bond donors (Lipinski definition) is 2. The lowest BCUT2D eigenvalue weighted by Crippen LogP contribution is -2.50. The molecule has 0 radical (unpaired) electrons. The lowest BCUT2D eigenvalue weighted by molar-refractivity contribution is -0.348. The fourth-order valence-electron chi connectivity index (χ4n) is 2.35.